The minimum Gasteiger partial charge on any atom is -0.208 e. The third kappa shape index (κ3) is 2.28. The van der Waals surface area contributed by atoms with Crippen molar-refractivity contribution in [3.8, 4) is 0 Å². The largest absolute Gasteiger partial charge is 0.445 e. The number of fused-ring (bicyclic) bond motifs is 1. The van der Waals surface area contributed by atoms with Gasteiger partial charge in [-0.05, 0) is 31.6 Å². The molecule has 2 rings (SSSR count). The lowest BCUT2D eigenvalue weighted by Gasteiger charge is -2.46. The maximum Gasteiger partial charge on any atom is 0.445 e. The molecule has 0 spiro atoms. The molecule has 0 nitrogen and oxygen atoms in total. The third-order valence-corrected chi connectivity index (χ3v) is 4.51. The fraction of sp³-hybridized carbons (Fsp3) is 0.846. The second-order valence-electron chi connectivity index (χ2n) is 5.47. The molecule has 0 unspecified atom stereocenters. The Bertz CT molecular complexity index is 330. The summed E-state index contributed by atoms with van der Waals surface area (Å²) in [7, 11) is 0. The molecule has 0 aromatic heterocycles. The van der Waals surface area contributed by atoms with Gasteiger partial charge in [-0.15, -0.1) is 0 Å². The second kappa shape index (κ2) is 4.82. The van der Waals surface area contributed by atoms with E-state index in [0.717, 1.165) is 25.7 Å². The second-order valence-corrected chi connectivity index (χ2v) is 5.47. The quantitative estimate of drug-likeness (QED) is 0.555. The van der Waals surface area contributed by atoms with E-state index in [4.69, 9.17) is 0 Å². The van der Waals surface area contributed by atoms with Gasteiger partial charge in [0.1, 0.15) is 5.83 Å². The molecule has 2 saturated carbocycles. The number of rotatable bonds is 1. The van der Waals surface area contributed by atoms with Crippen molar-refractivity contribution in [2.24, 2.45) is 11.3 Å². The van der Waals surface area contributed by atoms with E-state index < -0.39 is 23.2 Å². The highest BCUT2D eigenvalue weighted by atomic mass is 19.4. The monoisotopic (exact) mass is 268 g/mol. The summed E-state index contributed by atoms with van der Waals surface area (Å²) in [5.41, 5.74) is -1.17. The predicted octanol–water partition coefficient (Wildman–Crippen LogP) is 5.45. The van der Waals surface area contributed by atoms with E-state index in [9.17, 15) is 22.0 Å². The molecule has 0 heterocycles. The molecule has 0 saturated heterocycles. The van der Waals surface area contributed by atoms with Crippen LogP contribution in [0.3, 0.4) is 0 Å². The van der Waals surface area contributed by atoms with Gasteiger partial charge in [0.2, 0.25) is 5.83 Å². The van der Waals surface area contributed by atoms with Crippen LogP contribution in [0.4, 0.5) is 22.0 Å². The van der Waals surface area contributed by atoms with E-state index >= 15 is 0 Å². The van der Waals surface area contributed by atoms with E-state index in [2.05, 4.69) is 0 Å². The smallest absolute Gasteiger partial charge is 0.208 e. The van der Waals surface area contributed by atoms with Crippen molar-refractivity contribution in [1.82, 2.24) is 0 Å². The molecular formula is C13H17F5. The predicted molar refractivity (Wildman–Crippen MR) is 58.2 cm³/mol. The van der Waals surface area contributed by atoms with Crippen molar-refractivity contribution >= 4 is 0 Å². The maximum absolute atomic E-state index is 14.1. The van der Waals surface area contributed by atoms with Gasteiger partial charge in [-0.25, -0.2) is 4.39 Å². The summed E-state index contributed by atoms with van der Waals surface area (Å²) >= 11 is 0. The molecule has 2 fully saturated rings. The van der Waals surface area contributed by atoms with Crippen LogP contribution < -0.4 is 0 Å². The Kier molecular flexibility index (Phi) is 3.70. The van der Waals surface area contributed by atoms with Crippen molar-refractivity contribution < 1.29 is 22.0 Å². The van der Waals surface area contributed by atoms with Gasteiger partial charge in [0, 0.05) is 5.41 Å². The van der Waals surface area contributed by atoms with Crippen LogP contribution in [-0.4, -0.2) is 6.18 Å². The fourth-order valence-corrected chi connectivity index (χ4v) is 3.63. The first-order valence-electron chi connectivity index (χ1n) is 6.51. The molecule has 0 bridgehead atoms. The maximum atomic E-state index is 14.1. The van der Waals surface area contributed by atoms with Gasteiger partial charge in [0.25, 0.3) is 0 Å². The van der Waals surface area contributed by atoms with E-state index in [1.807, 2.05) is 0 Å². The molecule has 2 aliphatic carbocycles. The Morgan fingerprint density at radius 1 is 0.889 bits per heavy atom. The van der Waals surface area contributed by atoms with Crippen LogP contribution in [0.5, 0.6) is 0 Å². The number of hydrogen-bond donors (Lipinski definition) is 0. The SMILES string of the molecule is F/C(=C(\F)C12CCCCC1CCCC2)C(F)(F)F. The first kappa shape index (κ1) is 13.8. The highest BCUT2D eigenvalue weighted by Crippen LogP contribution is 2.57. The molecule has 0 aliphatic heterocycles. The van der Waals surface area contributed by atoms with E-state index in [1.165, 1.54) is 0 Å². The molecule has 5 heteroatoms. The van der Waals surface area contributed by atoms with Crippen LogP contribution in [0.25, 0.3) is 0 Å². The number of halogens is 5. The minimum absolute atomic E-state index is 0.117. The van der Waals surface area contributed by atoms with Crippen LogP contribution in [0.2, 0.25) is 0 Å². The highest BCUT2D eigenvalue weighted by molar-refractivity contribution is 5.18. The summed E-state index contributed by atoms with van der Waals surface area (Å²) in [4.78, 5) is 0. The van der Waals surface area contributed by atoms with Crippen LogP contribution >= 0.6 is 0 Å². The Morgan fingerprint density at radius 2 is 1.39 bits per heavy atom. The van der Waals surface area contributed by atoms with Crippen molar-refractivity contribution in [3.05, 3.63) is 11.7 Å². The third-order valence-electron chi connectivity index (χ3n) is 4.51. The molecule has 0 aromatic rings. The standard InChI is InChI=1S/C13H17F5/c14-10(11(15)13(16,17)18)12-7-3-1-5-9(12)6-2-4-8-12/h9H,1-8H2/b11-10-. The van der Waals surface area contributed by atoms with Crippen molar-refractivity contribution in [3.63, 3.8) is 0 Å². The van der Waals surface area contributed by atoms with Gasteiger partial charge in [-0.1, -0.05) is 25.7 Å². The van der Waals surface area contributed by atoms with Gasteiger partial charge < -0.3 is 0 Å². The van der Waals surface area contributed by atoms with Crippen LogP contribution in [0.15, 0.2) is 11.7 Å². The van der Waals surface area contributed by atoms with Gasteiger partial charge in [-0.2, -0.15) is 17.6 Å². The topological polar surface area (TPSA) is 0 Å². The zero-order valence-corrected chi connectivity index (χ0v) is 10.1. The average Bonchev–Trinajstić information content (AvgIpc) is 2.35. The number of allylic oxidation sites excluding steroid dienone is 2. The van der Waals surface area contributed by atoms with E-state index in [-0.39, 0.29) is 5.92 Å². The summed E-state index contributed by atoms with van der Waals surface area (Å²) < 4.78 is 64.3. The molecule has 104 valence electrons. The molecule has 0 atom stereocenters. The fourth-order valence-electron chi connectivity index (χ4n) is 3.63. The lowest BCUT2D eigenvalue weighted by Crippen LogP contribution is -2.38. The molecule has 0 N–H and O–H groups in total. The zero-order chi connectivity index (χ0) is 13.4. The van der Waals surface area contributed by atoms with Crippen LogP contribution in [-0.2, 0) is 0 Å². The van der Waals surface area contributed by atoms with E-state index in [1.54, 1.807) is 0 Å². The van der Waals surface area contributed by atoms with Gasteiger partial charge in [0.05, 0.1) is 0 Å². The number of alkyl halides is 3. The van der Waals surface area contributed by atoms with Crippen molar-refractivity contribution in [2.45, 2.75) is 57.5 Å². The minimum atomic E-state index is -5.20. The average molecular weight is 268 g/mol. The first-order valence-corrected chi connectivity index (χ1v) is 6.51. The Labute approximate surface area is 103 Å². The summed E-state index contributed by atoms with van der Waals surface area (Å²) in [6.45, 7) is 0. The molecule has 0 aromatic carbocycles. The van der Waals surface area contributed by atoms with Crippen LogP contribution in [0, 0.1) is 11.3 Å². The molecule has 18 heavy (non-hydrogen) atoms. The lowest BCUT2D eigenvalue weighted by atomic mass is 9.58. The van der Waals surface area contributed by atoms with Gasteiger partial charge in [0.15, 0.2) is 0 Å². The molecule has 0 amide bonds. The molecule has 0 radical (unpaired) electrons. The van der Waals surface area contributed by atoms with Crippen LogP contribution in [0.1, 0.15) is 51.4 Å². The highest BCUT2D eigenvalue weighted by Gasteiger charge is 2.51. The summed E-state index contributed by atoms with van der Waals surface area (Å²) in [5, 5.41) is 0. The lowest BCUT2D eigenvalue weighted by molar-refractivity contribution is -0.115. The van der Waals surface area contributed by atoms with Gasteiger partial charge >= 0.3 is 6.18 Å². The number of hydrogen-bond acceptors (Lipinski definition) is 0. The van der Waals surface area contributed by atoms with Crippen molar-refractivity contribution in [2.75, 3.05) is 0 Å². The van der Waals surface area contributed by atoms with Gasteiger partial charge in [-0.3, -0.25) is 0 Å². The summed E-state index contributed by atoms with van der Waals surface area (Å²) in [5.74, 6) is -4.15. The summed E-state index contributed by atoms with van der Waals surface area (Å²) in [6, 6.07) is 0. The first-order chi connectivity index (χ1) is 8.38. The Balaban J connectivity index is 2.38. The molecule has 2 aliphatic rings. The Hall–Kier alpha value is -0.610. The van der Waals surface area contributed by atoms with Crippen molar-refractivity contribution in [1.29, 1.82) is 0 Å². The Morgan fingerprint density at radius 3 is 1.83 bits per heavy atom. The molecular weight excluding hydrogens is 251 g/mol. The van der Waals surface area contributed by atoms with E-state index in [0.29, 0.717) is 25.7 Å². The normalized spacial score (nSPS) is 34.8. The zero-order valence-electron chi connectivity index (χ0n) is 10.1. The summed E-state index contributed by atoms with van der Waals surface area (Å²) in [6.07, 6.45) is 0.153.